The predicted molar refractivity (Wildman–Crippen MR) is 86.3 cm³/mol. The first kappa shape index (κ1) is 16.3. The van der Waals surface area contributed by atoms with Crippen molar-refractivity contribution in [3.63, 3.8) is 0 Å². The van der Waals surface area contributed by atoms with Crippen LogP contribution in [-0.2, 0) is 4.79 Å². The molecule has 2 unspecified atom stereocenters. The molecule has 1 amide bonds. The molecule has 1 aliphatic heterocycles. The van der Waals surface area contributed by atoms with Crippen LogP contribution < -0.4 is 5.73 Å². The fourth-order valence-electron chi connectivity index (χ4n) is 2.88. The minimum absolute atomic E-state index is 0.0147. The lowest BCUT2D eigenvalue weighted by molar-refractivity contribution is -0.130. The molecule has 1 saturated heterocycles. The van der Waals surface area contributed by atoms with Crippen LogP contribution in [0.5, 0.6) is 0 Å². The number of carbonyl (C=O) groups is 1. The number of amides is 1. The van der Waals surface area contributed by atoms with Gasteiger partial charge in [0.2, 0.25) is 5.91 Å². The molecule has 0 saturated carbocycles. The van der Waals surface area contributed by atoms with Crippen molar-refractivity contribution in [1.82, 2.24) is 9.80 Å². The fourth-order valence-corrected chi connectivity index (χ4v) is 3.13. The Labute approximate surface area is 131 Å². The first-order valence-electron chi connectivity index (χ1n) is 7.52. The van der Waals surface area contributed by atoms with E-state index in [1.54, 1.807) is 4.90 Å². The first-order chi connectivity index (χ1) is 10.0. The van der Waals surface area contributed by atoms with Crippen molar-refractivity contribution in [2.24, 2.45) is 5.73 Å². The van der Waals surface area contributed by atoms with Gasteiger partial charge in [-0.1, -0.05) is 36.7 Å². The average molecular weight is 310 g/mol. The number of rotatable bonds is 4. The molecule has 5 heteroatoms. The van der Waals surface area contributed by atoms with Crippen LogP contribution in [0.2, 0.25) is 5.02 Å². The average Bonchev–Trinajstić information content (AvgIpc) is 2.63. The summed E-state index contributed by atoms with van der Waals surface area (Å²) in [6.45, 7) is 4.13. The van der Waals surface area contributed by atoms with Crippen LogP contribution in [0.1, 0.15) is 31.4 Å². The minimum Gasteiger partial charge on any atom is -0.345 e. The smallest absolute Gasteiger partial charge is 0.236 e. The van der Waals surface area contributed by atoms with E-state index in [4.69, 9.17) is 17.3 Å². The van der Waals surface area contributed by atoms with Crippen LogP contribution in [-0.4, -0.2) is 48.4 Å². The number of hydrogen-bond acceptors (Lipinski definition) is 3. The molecule has 1 aromatic rings. The summed E-state index contributed by atoms with van der Waals surface area (Å²) in [6.07, 6.45) is 1.80. The van der Waals surface area contributed by atoms with Crippen LogP contribution in [0, 0.1) is 0 Å². The summed E-state index contributed by atoms with van der Waals surface area (Å²) in [6, 6.07) is 7.74. The summed E-state index contributed by atoms with van der Waals surface area (Å²) in [5, 5.41) is 0.719. The molecule has 1 heterocycles. The molecular formula is C16H24ClN3O. The highest BCUT2D eigenvalue weighted by atomic mass is 35.5. The third kappa shape index (κ3) is 3.76. The zero-order chi connectivity index (χ0) is 15.4. The highest BCUT2D eigenvalue weighted by Crippen LogP contribution is 2.31. The Morgan fingerprint density at radius 3 is 2.71 bits per heavy atom. The molecule has 116 valence electrons. The highest BCUT2D eigenvalue weighted by Gasteiger charge is 2.30. The summed E-state index contributed by atoms with van der Waals surface area (Å²) in [7, 11) is 1.86. The standard InChI is InChI=1S/C16H24ClN3O/c1-3-14(18)16(12-7-4-5-8-13(12)17)20-10-6-9-19(2)15(21)11-20/h4-5,7-8,14,16H,3,6,9-11,18H2,1-2H3. The molecule has 0 aliphatic carbocycles. The zero-order valence-corrected chi connectivity index (χ0v) is 13.5. The molecule has 1 fully saturated rings. The number of hydrogen-bond donors (Lipinski definition) is 1. The normalized spacial score (nSPS) is 20.2. The predicted octanol–water partition coefficient (Wildman–Crippen LogP) is 2.28. The minimum atomic E-state index is -0.0406. The summed E-state index contributed by atoms with van der Waals surface area (Å²) < 4.78 is 0. The largest absolute Gasteiger partial charge is 0.345 e. The number of likely N-dealkylation sites (N-methyl/N-ethyl adjacent to an activating group) is 1. The maximum Gasteiger partial charge on any atom is 0.236 e. The van der Waals surface area contributed by atoms with Crippen LogP contribution in [0.4, 0.5) is 0 Å². The summed E-state index contributed by atoms with van der Waals surface area (Å²) >= 11 is 6.37. The quantitative estimate of drug-likeness (QED) is 0.928. The number of halogens is 1. The highest BCUT2D eigenvalue weighted by molar-refractivity contribution is 6.31. The van der Waals surface area contributed by atoms with E-state index >= 15 is 0 Å². The monoisotopic (exact) mass is 309 g/mol. The van der Waals surface area contributed by atoms with Crippen molar-refractivity contribution in [3.05, 3.63) is 34.9 Å². The van der Waals surface area contributed by atoms with Crippen molar-refractivity contribution in [1.29, 1.82) is 0 Å². The Morgan fingerprint density at radius 1 is 1.33 bits per heavy atom. The second-order valence-corrected chi connectivity index (χ2v) is 6.08. The maximum atomic E-state index is 12.2. The molecule has 0 spiro atoms. The number of carbonyl (C=O) groups excluding carboxylic acids is 1. The van der Waals surface area contributed by atoms with Gasteiger partial charge in [0.05, 0.1) is 12.6 Å². The molecule has 2 rings (SSSR count). The lowest BCUT2D eigenvalue weighted by atomic mass is 9.96. The fraction of sp³-hybridized carbons (Fsp3) is 0.562. The molecule has 21 heavy (non-hydrogen) atoms. The topological polar surface area (TPSA) is 49.6 Å². The van der Waals surface area contributed by atoms with Gasteiger partial charge in [-0.3, -0.25) is 9.69 Å². The first-order valence-corrected chi connectivity index (χ1v) is 7.90. The van der Waals surface area contributed by atoms with E-state index in [0.29, 0.717) is 6.54 Å². The third-order valence-electron chi connectivity index (χ3n) is 4.20. The molecular weight excluding hydrogens is 286 g/mol. The Balaban J connectivity index is 2.32. The second kappa shape index (κ2) is 7.25. The third-order valence-corrected chi connectivity index (χ3v) is 4.54. The van der Waals surface area contributed by atoms with Crippen molar-refractivity contribution in [3.8, 4) is 0 Å². The Morgan fingerprint density at radius 2 is 2.05 bits per heavy atom. The van der Waals surface area contributed by atoms with Crippen LogP contribution >= 0.6 is 11.6 Å². The maximum absolute atomic E-state index is 12.2. The summed E-state index contributed by atoms with van der Waals surface area (Å²) in [5.41, 5.74) is 7.37. The van der Waals surface area contributed by atoms with E-state index in [9.17, 15) is 4.79 Å². The van der Waals surface area contributed by atoms with Gasteiger partial charge in [-0.15, -0.1) is 0 Å². The molecule has 0 aromatic heterocycles. The van der Waals surface area contributed by atoms with Crippen molar-refractivity contribution in [2.45, 2.75) is 31.8 Å². The van der Waals surface area contributed by atoms with E-state index in [2.05, 4.69) is 11.8 Å². The second-order valence-electron chi connectivity index (χ2n) is 5.68. The number of nitrogens with two attached hydrogens (primary N) is 1. The molecule has 4 nitrogen and oxygen atoms in total. The van der Waals surface area contributed by atoms with E-state index in [0.717, 1.165) is 36.5 Å². The molecule has 1 aliphatic rings. The van der Waals surface area contributed by atoms with Gasteiger partial charge < -0.3 is 10.6 Å². The van der Waals surface area contributed by atoms with Gasteiger partial charge in [0, 0.05) is 31.2 Å². The van der Waals surface area contributed by atoms with Crippen molar-refractivity contribution >= 4 is 17.5 Å². The number of nitrogens with zero attached hydrogens (tertiary/aromatic N) is 2. The van der Waals surface area contributed by atoms with Crippen molar-refractivity contribution < 1.29 is 4.79 Å². The Kier molecular flexibility index (Phi) is 5.62. The van der Waals surface area contributed by atoms with Gasteiger partial charge in [0.25, 0.3) is 0 Å². The molecule has 0 bridgehead atoms. The van der Waals surface area contributed by atoms with Gasteiger partial charge in [0.1, 0.15) is 0 Å². The molecule has 0 radical (unpaired) electrons. The number of benzene rings is 1. The molecule has 2 N–H and O–H groups in total. The van der Waals surface area contributed by atoms with E-state index in [1.165, 1.54) is 0 Å². The Bertz CT molecular complexity index is 494. The van der Waals surface area contributed by atoms with Crippen LogP contribution in [0.15, 0.2) is 24.3 Å². The van der Waals surface area contributed by atoms with Gasteiger partial charge in [0.15, 0.2) is 0 Å². The van der Waals surface area contributed by atoms with E-state index < -0.39 is 0 Å². The van der Waals surface area contributed by atoms with Gasteiger partial charge in [-0.05, 0) is 24.5 Å². The lowest BCUT2D eigenvalue weighted by Gasteiger charge is -2.34. The summed E-state index contributed by atoms with van der Waals surface area (Å²) in [5.74, 6) is 0.146. The van der Waals surface area contributed by atoms with Crippen LogP contribution in [0.3, 0.4) is 0 Å². The SMILES string of the molecule is CCC(N)C(c1ccccc1Cl)N1CCCN(C)C(=O)C1. The van der Waals surface area contributed by atoms with E-state index in [-0.39, 0.29) is 18.0 Å². The van der Waals surface area contributed by atoms with Crippen molar-refractivity contribution in [2.75, 3.05) is 26.7 Å². The van der Waals surface area contributed by atoms with Crippen LogP contribution in [0.25, 0.3) is 0 Å². The molecule has 2 atom stereocenters. The zero-order valence-electron chi connectivity index (χ0n) is 12.8. The summed E-state index contributed by atoms with van der Waals surface area (Å²) in [4.78, 5) is 16.1. The lowest BCUT2D eigenvalue weighted by Crippen LogP contribution is -2.44. The van der Waals surface area contributed by atoms with E-state index in [1.807, 2.05) is 31.3 Å². The van der Waals surface area contributed by atoms with Gasteiger partial charge in [-0.25, -0.2) is 0 Å². The van der Waals surface area contributed by atoms with Gasteiger partial charge >= 0.3 is 0 Å². The van der Waals surface area contributed by atoms with Gasteiger partial charge in [-0.2, -0.15) is 0 Å². The Hall–Kier alpha value is -1.10. The molecule has 1 aromatic carbocycles.